The SMILES string of the molecule is CC(C)(C)C1=C(C(C)(C)C)N(c2cccc(-c3ccccc3)c2)[CH-]N1c1[c-]c(Oc2[c-]c3c(cc2)c2ccccc2n3-c2cc(C(C)(C)C)ccn2)ccc1.[Pt]. The third-order valence-corrected chi connectivity index (χ3v) is 10.2. The van der Waals surface area contributed by atoms with E-state index in [-0.39, 0.29) is 37.3 Å². The fourth-order valence-electron chi connectivity index (χ4n) is 7.67. The molecule has 0 aliphatic carbocycles. The first-order valence-corrected chi connectivity index (χ1v) is 19.1. The molecule has 1 aliphatic heterocycles. The van der Waals surface area contributed by atoms with E-state index < -0.39 is 0 Å². The maximum atomic E-state index is 6.63. The van der Waals surface area contributed by atoms with Crippen molar-refractivity contribution >= 4 is 33.2 Å². The van der Waals surface area contributed by atoms with E-state index in [9.17, 15) is 0 Å². The Hall–Kier alpha value is -5.12. The number of allylic oxidation sites excluding steroid dienone is 2. The molecule has 6 heteroatoms. The van der Waals surface area contributed by atoms with Gasteiger partial charge in [-0.3, -0.25) is 0 Å². The molecule has 0 amide bonds. The van der Waals surface area contributed by atoms with Crippen molar-refractivity contribution in [2.45, 2.75) is 67.7 Å². The van der Waals surface area contributed by atoms with Gasteiger partial charge >= 0.3 is 0 Å². The van der Waals surface area contributed by atoms with Crippen molar-refractivity contribution in [2.24, 2.45) is 10.8 Å². The van der Waals surface area contributed by atoms with E-state index in [2.05, 4.69) is 199 Å². The van der Waals surface area contributed by atoms with Gasteiger partial charge in [-0.15, -0.1) is 48.1 Å². The first kappa shape index (κ1) is 39.1. The molecule has 0 atom stereocenters. The molecule has 0 saturated heterocycles. The zero-order chi connectivity index (χ0) is 38.7. The molecule has 0 saturated carbocycles. The van der Waals surface area contributed by atoms with Crippen molar-refractivity contribution in [3.63, 3.8) is 0 Å². The summed E-state index contributed by atoms with van der Waals surface area (Å²) in [6.45, 7) is 22.6. The molecule has 1 aliphatic rings. The minimum absolute atomic E-state index is 0. The number of pyridine rings is 1. The summed E-state index contributed by atoms with van der Waals surface area (Å²) in [6, 6.07) is 49.6. The molecule has 0 N–H and O–H groups in total. The molecular weight excluding hydrogens is 868 g/mol. The zero-order valence-corrected chi connectivity index (χ0v) is 36.0. The molecule has 7 aromatic rings. The van der Waals surface area contributed by atoms with Crippen LogP contribution < -0.4 is 14.5 Å². The molecule has 5 nitrogen and oxygen atoms in total. The van der Waals surface area contributed by atoms with Crippen molar-refractivity contribution in [1.29, 1.82) is 0 Å². The summed E-state index contributed by atoms with van der Waals surface area (Å²) in [7, 11) is 0. The summed E-state index contributed by atoms with van der Waals surface area (Å²) in [5.74, 6) is 2.09. The Morgan fingerprint density at radius 1 is 0.571 bits per heavy atom. The number of nitrogens with zero attached hydrogens (tertiary/aromatic N) is 4. The van der Waals surface area contributed by atoms with Gasteiger partial charge < -0.3 is 19.1 Å². The average molecular weight is 917 g/mol. The monoisotopic (exact) mass is 916 g/mol. The van der Waals surface area contributed by atoms with Crippen LogP contribution in [0.4, 0.5) is 11.4 Å². The molecule has 2 aromatic heterocycles. The molecular formula is C50H49N4OPt-3. The minimum Gasteiger partial charge on any atom is -0.509 e. The molecule has 8 rings (SSSR count). The number of fused-ring (bicyclic) bond motifs is 3. The number of rotatable bonds is 6. The summed E-state index contributed by atoms with van der Waals surface area (Å²) < 4.78 is 8.82. The smallest absolute Gasteiger partial charge is 0.135 e. The van der Waals surface area contributed by atoms with E-state index in [4.69, 9.17) is 9.72 Å². The molecule has 288 valence electrons. The Bertz CT molecular complexity index is 2570. The second-order valence-electron chi connectivity index (χ2n) is 17.6. The zero-order valence-electron chi connectivity index (χ0n) is 33.7. The molecule has 3 heterocycles. The van der Waals surface area contributed by atoms with Crippen LogP contribution in [0.25, 0.3) is 38.8 Å². The van der Waals surface area contributed by atoms with Gasteiger partial charge in [0.1, 0.15) is 5.82 Å². The van der Waals surface area contributed by atoms with Gasteiger partial charge in [-0.1, -0.05) is 128 Å². The largest absolute Gasteiger partial charge is 0.509 e. The second-order valence-corrected chi connectivity index (χ2v) is 17.6. The first-order valence-electron chi connectivity index (χ1n) is 19.1. The predicted octanol–water partition coefficient (Wildman–Crippen LogP) is 13.3. The van der Waals surface area contributed by atoms with E-state index in [1.807, 2.05) is 24.4 Å². The standard InChI is InChI=1S/C50H49N4O.Pt/c1-48(2,3)36-27-28-51-45(30-36)54-43-24-14-13-23-41(43)42-26-25-40(32-44(42)54)55-39-22-16-21-38(31-39)53-33-52(46(49(4,5)6)47(53)50(7,8)9)37-20-15-19-35(29-37)34-17-11-10-12-18-34;/h10-30,33H,1-9H3;/q-3;. The van der Waals surface area contributed by atoms with Crippen molar-refractivity contribution in [3.05, 3.63) is 163 Å². The topological polar surface area (TPSA) is 33.5 Å². The predicted molar refractivity (Wildman–Crippen MR) is 229 cm³/mol. The van der Waals surface area contributed by atoms with Crippen molar-refractivity contribution in [1.82, 2.24) is 9.55 Å². The number of aromatic nitrogens is 2. The number of anilines is 2. The maximum Gasteiger partial charge on any atom is 0.135 e. The average Bonchev–Trinajstić information content (AvgIpc) is 3.73. The molecule has 0 radical (unpaired) electrons. The Balaban J connectivity index is 0.00000480. The molecule has 0 fully saturated rings. The fraction of sp³-hybridized carbons (Fsp3) is 0.240. The van der Waals surface area contributed by atoms with Gasteiger partial charge in [-0.05, 0) is 57.8 Å². The summed E-state index contributed by atoms with van der Waals surface area (Å²) >= 11 is 0. The summed E-state index contributed by atoms with van der Waals surface area (Å²) in [4.78, 5) is 9.49. The number of para-hydroxylation sites is 1. The molecule has 0 unspecified atom stereocenters. The number of hydrogen-bond donors (Lipinski definition) is 0. The van der Waals surface area contributed by atoms with Gasteiger partial charge in [0, 0.05) is 72.2 Å². The minimum atomic E-state index is -0.180. The van der Waals surface area contributed by atoms with Gasteiger partial charge in [0.25, 0.3) is 0 Å². The van der Waals surface area contributed by atoms with Gasteiger partial charge in [-0.25, -0.2) is 4.98 Å². The van der Waals surface area contributed by atoms with Crippen LogP contribution in [-0.2, 0) is 26.5 Å². The van der Waals surface area contributed by atoms with Gasteiger partial charge in [0.15, 0.2) is 0 Å². The van der Waals surface area contributed by atoms with Gasteiger partial charge in [-0.2, -0.15) is 12.1 Å². The molecule has 0 spiro atoms. The quantitative estimate of drug-likeness (QED) is 0.156. The van der Waals surface area contributed by atoms with Gasteiger partial charge in [0.05, 0.1) is 0 Å². The Labute approximate surface area is 346 Å². The maximum absolute atomic E-state index is 6.63. The van der Waals surface area contributed by atoms with E-state index in [1.54, 1.807) is 0 Å². The summed E-state index contributed by atoms with van der Waals surface area (Å²) in [5, 5.41) is 2.25. The second kappa shape index (κ2) is 14.8. The number of hydrogen-bond acceptors (Lipinski definition) is 4. The van der Waals surface area contributed by atoms with Gasteiger partial charge in [0.2, 0.25) is 0 Å². The Kier molecular flexibility index (Phi) is 10.3. The normalized spacial score (nSPS) is 13.8. The van der Waals surface area contributed by atoms with E-state index in [0.29, 0.717) is 11.5 Å². The van der Waals surface area contributed by atoms with Crippen LogP contribution in [0, 0.1) is 29.6 Å². The van der Waals surface area contributed by atoms with Crippen LogP contribution in [-0.4, -0.2) is 9.55 Å². The van der Waals surface area contributed by atoms with Crippen molar-refractivity contribution < 1.29 is 25.8 Å². The van der Waals surface area contributed by atoms with Crippen LogP contribution in [0.2, 0.25) is 0 Å². The van der Waals surface area contributed by atoms with Crippen LogP contribution in [0.3, 0.4) is 0 Å². The molecule has 5 aromatic carbocycles. The summed E-state index contributed by atoms with van der Waals surface area (Å²) in [6.07, 6.45) is 1.90. The molecule has 0 bridgehead atoms. The number of ether oxygens (including phenoxy) is 1. The molecule has 56 heavy (non-hydrogen) atoms. The third-order valence-electron chi connectivity index (χ3n) is 10.2. The van der Waals surface area contributed by atoms with E-state index >= 15 is 0 Å². The third kappa shape index (κ3) is 7.42. The fourth-order valence-corrected chi connectivity index (χ4v) is 7.67. The Morgan fingerprint density at radius 3 is 1.96 bits per heavy atom. The van der Waals surface area contributed by atoms with Crippen molar-refractivity contribution in [3.8, 4) is 28.4 Å². The summed E-state index contributed by atoms with van der Waals surface area (Å²) in [5.41, 5.74) is 9.75. The number of benzene rings is 5. The van der Waals surface area contributed by atoms with E-state index in [0.717, 1.165) is 39.0 Å². The van der Waals surface area contributed by atoms with Crippen molar-refractivity contribution in [2.75, 3.05) is 9.80 Å². The van der Waals surface area contributed by atoms with Crippen LogP contribution in [0.5, 0.6) is 11.5 Å². The van der Waals surface area contributed by atoms with E-state index in [1.165, 1.54) is 28.1 Å². The Morgan fingerprint density at radius 2 is 1.23 bits per heavy atom. The van der Waals surface area contributed by atoms with Crippen LogP contribution >= 0.6 is 0 Å². The first-order chi connectivity index (χ1) is 26.2. The van der Waals surface area contributed by atoms with Crippen LogP contribution in [0.15, 0.2) is 139 Å². The van der Waals surface area contributed by atoms with Crippen LogP contribution in [0.1, 0.15) is 67.9 Å².